The first-order valence-corrected chi connectivity index (χ1v) is 7.01. The van der Waals surface area contributed by atoms with Gasteiger partial charge in [-0.15, -0.1) is 0 Å². The van der Waals surface area contributed by atoms with Gasteiger partial charge in [-0.1, -0.05) is 16.8 Å². The fourth-order valence-electron chi connectivity index (χ4n) is 1.48. The number of halogens is 2. The molecule has 0 fully saturated rings. The lowest BCUT2D eigenvalue weighted by Gasteiger charge is -2.04. The Kier molecular flexibility index (Phi) is 4.58. The molecule has 4 nitrogen and oxygen atoms in total. The third kappa shape index (κ3) is 3.21. The summed E-state index contributed by atoms with van der Waals surface area (Å²) >= 11 is 8.20. The van der Waals surface area contributed by atoms with Crippen LogP contribution in [0.3, 0.4) is 0 Å². The topological polar surface area (TPSA) is 51.0 Å². The van der Waals surface area contributed by atoms with Crippen molar-refractivity contribution in [1.29, 1.82) is 0 Å². The zero-order valence-corrected chi connectivity index (χ0v) is 13.0. The lowest BCUT2D eigenvalue weighted by molar-refractivity contribution is 0.418. The molecule has 0 bridgehead atoms. The van der Waals surface area contributed by atoms with Crippen LogP contribution in [-0.4, -0.2) is 23.2 Å². The van der Waals surface area contributed by atoms with Crippen molar-refractivity contribution < 1.29 is 4.52 Å². The lowest BCUT2D eigenvalue weighted by Crippen LogP contribution is -2.24. The molecule has 96 valence electrons. The average Bonchev–Trinajstić information content (AvgIpc) is 2.80. The van der Waals surface area contributed by atoms with E-state index in [1.54, 1.807) is 0 Å². The Morgan fingerprint density at radius 2 is 2.28 bits per heavy atom. The summed E-state index contributed by atoms with van der Waals surface area (Å²) in [5.41, 5.74) is 0.874. The van der Waals surface area contributed by atoms with Gasteiger partial charge in [0.2, 0.25) is 0 Å². The third-order valence-electron chi connectivity index (χ3n) is 2.61. The summed E-state index contributed by atoms with van der Waals surface area (Å²) in [4.78, 5) is 4.39. The summed E-state index contributed by atoms with van der Waals surface area (Å²) in [6, 6.07) is 5.92. The Bertz CT molecular complexity index is 544. The first-order valence-electron chi connectivity index (χ1n) is 5.55. The molecule has 18 heavy (non-hydrogen) atoms. The normalized spacial score (nSPS) is 12.7. The number of benzene rings is 1. The maximum atomic E-state index is 5.98. The van der Waals surface area contributed by atoms with E-state index >= 15 is 0 Å². The summed E-state index contributed by atoms with van der Waals surface area (Å²) in [5, 5.41) is 7.78. The molecule has 1 atom stereocenters. The molecule has 0 aliphatic carbocycles. The predicted octanol–water partition coefficient (Wildman–Crippen LogP) is 3.15. The first kappa shape index (κ1) is 13.8. The molecule has 0 amide bonds. The Labute approximate surface area is 124 Å². The molecule has 0 saturated heterocycles. The average molecular weight is 378 g/mol. The highest BCUT2D eigenvalue weighted by molar-refractivity contribution is 14.1. The zero-order chi connectivity index (χ0) is 13.1. The number of nitrogens with one attached hydrogen (secondary N) is 1. The SMILES string of the molecule is CNC(C)Cc1noc(-c2cc(Cl)ccc2I)n1. The highest BCUT2D eigenvalue weighted by atomic mass is 127. The van der Waals surface area contributed by atoms with Crippen LogP contribution in [0.25, 0.3) is 11.5 Å². The van der Waals surface area contributed by atoms with Crippen molar-refractivity contribution >= 4 is 34.2 Å². The van der Waals surface area contributed by atoms with E-state index < -0.39 is 0 Å². The van der Waals surface area contributed by atoms with E-state index in [2.05, 4.69) is 45.0 Å². The molecule has 0 radical (unpaired) electrons. The van der Waals surface area contributed by atoms with Gasteiger partial charge in [-0.2, -0.15) is 4.98 Å². The Hall–Kier alpha value is -0.660. The van der Waals surface area contributed by atoms with Crippen LogP contribution < -0.4 is 5.32 Å². The van der Waals surface area contributed by atoms with Gasteiger partial charge >= 0.3 is 0 Å². The highest BCUT2D eigenvalue weighted by Gasteiger charge is 2.13. The van der Waals surface area contributed by atoms with Crippen LogP contribution in [0.4, 0.5) is 0 Å². The van der Waals surface area contributed by atoms with Gasteiger partial charge in [-0.05, 0) is 54.8 Å². The minimum absolute atomic E-state index is 0.314. The minimum atomic E-state index is 0.314. The fraction of sp³-hybridized carbons (Fsp3) is 0.333. The summed E-state index contributed by atoms with van der Waals surface area (Å²) in [7, 11) is 1.91. The first-order chi connectivity index (χ1) is 8.60. The number of aromatic nitrogens is 2. The van der Waals surface area contributed by atoms with Crippen LogP contribution in [-0.2, 0) is 6.42 Å². The van der Waals surface area contributed by atoms with Crippen molar-refractivity contribution in [3.63, 3.8) is 0 Å². The second-order valence-electron chi connectivity index (χ2n) is 4.03. The van der Waals surface area contributed by atoms with Gasteiger partial charge in [0.1, 0.15) is 0 Å². The second-order valence-corrected chi connectivity index (χ2v) is 5.63. The number of likely N-dealkylation sites (N-methyl/N-ethyl adjacent to an activating group) is 1. The molecule has 1 heterocycles. The monoisotopic (exact) mass is 377 g/mol. The van der Waals surface area contributed by atoms with E-state index in [0.29, 0.717) is 22.8 Å². The van der Waals surface area contributed by atoms with Gasteiger partial charge in [0.15, 0.2) is 5.82 Å². The molecule has 1 N–H and O–H groups in total. The smallest absolute Gasteiger partial charge is 0.259 e. The van der Waals surface area contributed by atoms with Crippen LogP contribution in [0.5, 0.6) is 0 Å². The Morgan fingerprint density at radius 1 is 1.50 bits per heavy atom. The number of hydrogen-bond acceptors (Lipinski definition) is 4. The molecule has 2 aromatic rings. The molecular formula is C12H13ClIN3O. The molecule has 1 aromatic heterocycles. The zero-order valence-electron chi connectivity index (χ0n) is 10.1. The van der Waals surface area contributed by atoms with Crippen molar-refractivity contribution in [2.24, 2.45) is 0 Å². The van der Waals surface area contributed by atoms with Crippen molar-refractivity contribution in [3.8, 4) is 11.5 Å². The highest BCUT2D eigenvalue weighted by Crippen LogP contribution is 2.26. The third-order valence-corrected chi connectivity index (χ3v) is 3.78. The molecule has 0 aliphatic rings. The van der Waals surface area contributed by atoms with Crippen molar-refractivity contribution in [2.45, 2.75) is 19.4 Å². The Morgan fingerprint density at radius 3 is 3.00 bits per heavy atom. The summed E-state index contributed by atoms with van der Waals surface area (Å²) in [6.07, 6.45) is 0.733. The fourth-order valence-corrected chi connectivity index (χ4v) is 2.22. The van der Waals surface area contributed by atoms with Crippen molar-refractivity contribution in [3.05, 3.63) is 32.6 Å². The van der Waals surface area contributed by atoms with Gasteiger partial charge in [0.25, 0.3) is 5.89 Å². The van der Waals surface area contributed by atoms with E-state index in [-0.39, 0.29) is 0 Å². The number of nitrogens with zero attached hydrogens (tertiary/aromatic N) is 2. The van der Waals surface area contributed by atoms with Gasteiger partial charge in [0, 0.05) is 21.1 Å². The van der Waals surface area contributed by atoms with Crippen molar-refractivity contribution in [1.82, 2.24) is 15.5 Å². The van der Waals surface area contributed by atoms with Crippen LogP contribution in [0.2, 0.25) is 5.02 Å². The molecular weight excluding hydrogens is 365 g/mol. The molecule has 0 saturated carbocycles. The molecule has 0 aliphatic heterocycles. The van der Waals surface area contributed by atoms with Crippen LogP contribution in [0.15, 0.2) is 22.7 Å². The number of rotatable bonds is 4. The van der Waals surface area contributed by atoms with E-state index in [0.717, 1.165) is 15.6 Å². The van der Waals surface area contributed by atoms with Gasteiger partial charge in [-0.3, -0.25) is 0 Å². The molecule has 2 rings (SSSR count). The summed E-state index contributed by atoms with van der Waals surface area (Å²) < 4.78 is 6.32. The van der Waals surface area contributed by atoms with E-state index in [9.17, 15) is 0 Å². The maximum absolute atomic E-state index is 5.98. The molecule has 0 spiro atoms. The molecule has 6 heteroatoms. The van der Waals surface area contributed by atoms with Crippen molar-refractivity contribution in [2.75, 3.05) is 7.05 Å². The summed E-state index contributed by atoms with van der Waals surface area (Å²) in [6.45, 7) is 2.07. The summed E-state index contributed by atoms with van der Waals surface area (Å²) in [5.74, 6) is 1.21. The van der Waals surface area contributed by atoms with E-state index in [4.69, 9.17) is 16.1 Å². The largest absolute Gasteiger partial charge is 0.334 e. The predicted molar refractivity (Wildman–Crippen MR) is 79.7 cm³/mol. The van der Waals surface area contributed by atoms with Gasteiger partial charge in [-0.25, -0.2) is 0 Å². The minimum Gasteiger partial charge on any atom is -0.334 e. The van der Waals surface area contributed by atoms with Crippen LogP contribution in [0.1, 0.15) is 12.7 Å². The quantitative estimate of drug-likeness (QED) is 0.832. The Balaban J connectivity index is 2.26. The second kappa shape index (κ2) is 5.99. The van der Waals surface area contributed by atoms with Crippen LogP contribution in [0, 0.1) is 3.57 Å². The van der Waals surface area contributed by atoms with Gasteiger partial charge < -0.3 is 9.84 Å². The standard InChI is InChI=1S/C12H13ClIN3O/c1-7(15-2)5-11-16-12(18-17-11)9-6-8(13)3-4-10(9)14/h3-4,6-7,15H,5H2,1-2H3. The van der Waals surface area contributed by atoms with E-state index in [1.807, 2.05) is 25.2 Å². The van der Waals surface area contributed by atoms with Crippen LogP contribution >= 0.6 is 34.2 Å². The molecule has 1 aromatic carbocycles. The molecule has 1 unspecified atom stereocenters. The number of hydrogen-bond donors (Lipinski definition) is 1. The van der Waals surface area contributed by atoms with Gasteiger partial charge in [0.05, 0.1) is 5.56 Å². The maximum Gasteiger partial charge on any atom is 0.259 e. The van der Waals surface area contributed by atoms with E-state index in [1.165, 1.54) is 0 Å². The lowest BCUT2D eigenvalue weighted by atomic mass is 10.2.